The first-order valence-electron chi connectivity index (χ1n) is 2.24. The molecule has 0 aliphatic rings. The molecule has 0 radical (unpaired) electrons. The van der Waals surface area contributed by atoms with E-state index in [1.54, 1.807) is 11.4 Å². The summed E-state index contributed by atoms with van der Waals surface area (Å²) in [5, 5.41) is 13.4. The molecule has 0 saturated heterocycles. The maximum Gasteiger partial charge on any atom is 0.0834 e. The summed E-state index contributed by atoms with van der Waals surface area (Å²) in [7, 11) is 0. The number of hydrogen-bond acceptors (Lipinski definition) is 3. The van der Waals surface area contributed by atoms with Crippen molar-refractivity contribution in [2.24, 2.45) is 5.16 Å². The SMILES string of the molecule is ON=Cc1cc(Cl)cs1. The van der Waals surface area contributed by atoms with Gasteiger partial charge in [-0.25, -0.2) is 0 Å². The zero-order chi connectivity index (χ0) is 6.69. The molecule has 0 bridgehead atoms. The third kappa shape index (κ3) is 1.69. The van der Waals surface area contributed by atoms with Crippen molar-refractivity contribution in [1.29, 1.82) is 0 Å². The van der Waals surface area contributed by atoms with Gasteiger partial charge in [0.2, 0.25) is 0 Å². The van der Waals surface area contributed by atoms with Crippen LogP contribution in [0.4, 0.5) is 0 Å². The first-order chi connectivity index (χ1) is 4.33. The Kier molecular flexibility index (Phi) is 2.08. The summed E-state index contributed by atoms with van der Waals surface area (Å²) < 4.78 is 0. The van der Waals surface area contributed by atoms with E-state index < -0.39 is 0 Å². The molecule has 0 atom stereocenters. The van der Waals surface area contributed by atoms with E-state index in [1.165, 1.54) is 17.6 Å². The lowest BCUT2D eigenvalue weighted by molar-refractivity contribution is 0.322. The zero-order valence-corrected chi connectivity index (χ0v) is 5.99. The summed E-state index contributed by atoms with van der Waals surface area (Å²) in [5.74, 6) is 0. The van der Waals surface area contributed by atoms with Crippen LogP contribution in [0.25, 0.3) is 0 Å². The number of thiophene rings is 1. The second kappa shape index (κ2) is 2.85. The topological polar surface area (TPSA) is 32.6 Å². The van der Waals surface area contributed by atoms with Crippen molar-refractivity contribution < 1.29 is 5.21 Å². The largest absolute Gasteiger partial charge is 0.411 e. The highest BCUT2D eigenvalue weighted by molar-refractivity contribution is 7.12. The lowest BCUT2D eigenvalue weighted by Gasteiger charge is -1.74. The Labute approximate surface area is 61.4 Å². The molecule has 0 unspecified atom stereocenters. The van der Waals surface area contributed by atoms with Crippen LogP contribution in [-0.4, -0.2) is 11.4 Å². The predicted octanol–water partition coefficient (Wildman–Crippen LogP) is 2.21. The molecule has 0 spiro atoms. The van der Waals surface area contributed by atoms with Crippen LogP contribution in [0.2, 0.25) is 5.02 Å². The van der Waals surface area contributed by atoms with E-state index in [1.807, 2.05) is 0 Å². The Hall–Kier alpha value is -0.540. The summed E-state index contributed by atoms with van der Waals surface area (Å²) in [6, 6.07) is 1.73. The van der Waals surface area contributed by atoms with Crippen LogP contribution in [-0.2, 0) is 0 Å². The van der Waals surface area contributed by atoms with Gasteiger partial charge in [0.05, 0.1) is 16.1 Å². The van der Waals surface area contributed by atoms with Gasteiger partial charge in [0.15, 0.2) is 0 Å². The maximum atomic E-state index is 8.06. The Bertz CT molecular complexity index is 220. The quantitative estimate of drug-likeness (QED) is 0.382. The molecule has 1 N–H and O–H groups in total. The fourth-order valence-electron chi connectivity index (χ4n) is 0.453. The van der Waals surface area contributed by atoms with Gasteiger partial charge in [-0.15, -0.1) is 11.3 Å². The van der Waals surface area contributed by atoms with E-state index in [0.29, 0.717) is 5.02 Å². The average Bonchev–Trinajstić information content (AvgIpc) is 2.17. The molecule has 9 heavy (non-hydrogen) atoms. The molecular weight excluding hydrogens is 158 g/mol. The highest BCUT2D eigenvalue weighted by atomic mass is 35.5. The fraction of sp³-hybridized carbons (Fsp3) is 0. The van der Waals surface area contributed by atoms with Gasteiger partial charge in [-0.2, -0.15) is 0 Å². The van der Waals surface area contributed by atoms with Crippen LogP contribution in [0.1, 0.15) is 4.88 Å². The molecule has 0 aliphatic heterocycles. The van der Waals surface area contributed by atoms with E-state index in [2.05, 4.69) is 5.16 Å². The van der Waals surface area contributed by atoms with Crippen molar-refractivity contribution in [3.05, 3.63) is 21.3 Å². The van der Waals surface area contributed by atoms with Crippen LogP contribution in [0, 0.1) is 0 Å². The van der Waals surface area contributed by atoms with E-state index >= 15 is 0 Å². The molecule has 0 fully saturated rings. The number of rotatable bonds is 1. The van der Waals surface area contributed by atoms with E-state index in [4.69, 9.17) is 16.8 Å². The van der Waals surface area contributed by atoms with Gasteiger partial charge in [0.25, 0.3) is 0 Å². The van der Waals surface area contributed by atoms with Crippen LogP contribution in [0.15, 0.2) is 16.6 Å². The lowest BCUT2D eigenvalue weighted by atomic mass is 10.5. The second-order valence-electron chi connectivity index (χ2n) is 1.41. The monoisotopic (exact) mass is 161 g/mol. The zero-order valence-electron chi connectivity index (χ0n) is 4.41. The lowest BCUT2D eigenvalue weighted by Crippen LogP contribution is -1.68. The Morgan fingerprint density at radius 3 is 3.00 bits per heavy atom. The van der Waals surface area contributed by atoms with E-state index in [-0.39, 0.29) is 0 Å². The molecule has 1 rings (SSSR count). The fourth-order valence-corrected chi connectivity index (χ4v) is 1.39. The van der Waals surface area contributed by atoms with E-state index in [9.17, 15) is 0 Å². The summed E-state index contributed by atoms with van der Waals surface area (Å²) in [4.78, 5) is 0.850. The second-order valence-corrected chi connectivity index (χ2v) is 2.79. The third-order valence-electron chi connectivity index (χ3n) is 0.773. The first-order valence-corrected chi connectivity index (χ1v) is 3.50. The van der Waals surface area contributed by atoms with Gasteiger partial charge in [-0.05, 0) is 6.07 Å². The first kappa shape index (κ1) is 6.58. The van der Waals surface area contributed by atoms with Gasteiger partial charge in [0, 0.05) is 5.38 Å². The summed E-state index contributed by atoms with van der Waals surface area (Å²) in [6.45, 7) is 0. The molecule has 1 heterocycles. The van der Waals surface area contributed by atoms with Crippen LogP contribution in [0.5, 0.6) is 0 Å². The average molecular weight is 162 g/mol. The molecule has 0 amide bonds. The van der Waals surface area contributed by atoms with Crippen molar-refractivity contribution in [2.75, 3.05) is 0 Å². The van der Waals surface area contributed by atoms with Gasteiger partial charge in [-0.1, -0.05) is 16.8 Å². The third-order valence-corrected chi connectivity index (χ3v) is 1.99. The minimum Gasteiger partial charge on any atom is -0.411 e. The highest BCUT2D eigenvalue weighted by Gasteiger charge is 1.91. The maximum absolute atomic E-state index is 8.06. The Morgan fingerprint density at radius 1 is 1.78 bits per heavy atom. The van der Waals surface area contributed by atoms with Crippen molar-refractivity contribution in [3.8, 4) is 0 Å². The smallest absolute Gasteiger partial charge is 0.0834 e. The molecule has 0 aliphatic carbocycles. The van der Waals surface area contributed by atoms with Crippen molar-refractivity contribution >= 4 is 29.2 Å². The minimum absolute atomic E-state index is 0.676. The van der Waals surface area contributed by atoms with Gasteiger partial charge in [-0.3, -0.25) is 0 Å². The van der Waals surface area contributed by atoms with Crippen molar-refractivity contribution in [1.82, 2.24) is 0 Å². The standard InChI is InChI=1S/C5H4ClNOS/c6-4-1-5(2-7-8)9-3-4/h1-3,8H. The normalized spacial score (nSPS) is 10.8. The molecule has 1 aromatic rings. The highest BCUT2D eigenvalue weighted by Crippen LogP contribution is 2.16. The molecule has 4 heteroatoms. The Balaban J connectivity index is 2.85. The molecule has 1 aromatic heterocycles. The summed E-state index contributed by atoms with van der Waals surface area (Å²) in [6.07, 6.45) is 1.34. The number of oxime groups is 1. The van der Waals surface area contributed by atoms with Crippen molar-refractivity contribution in [3.63, 3.8) is 0 Å². The number of nitrogens with zero attached hydrogens (tertiary/aromatic N) is 1. The van der Waals surface area contributed by atoms with Gasteiger partial charge >= 0.3 is 0 Å². The minimum atomic E-state index is 0.676. The summed E-state index contributed by atoms with van der Waals surface area (Å²) >= 11 is 7.00. The number of hydrogen-bond donors (Lipinski definition) is 1. The van der Waals surface area contributed by atoms with Crippen molar-refractivity contribution in [2.45, 2.75) is 0 Å². The van der Waals surface area contributed by atoms with E-state index in [0.717, 1.165) is 4.88 Å². The number of halogens is 1. The Morgan fingerprint density at radius 2 is 2.56 bits per heavy atom. The molecule has 0 aromatic carbocycles. The van der Waals surface area contributed by atoms with Gasteiger partial charge < -0.3 is 5.21 Å². The summed E-state index contributed by atoms with van der Waals surface area (Å²) in [5.41, 5.74) is 0. The molecule has 0 saturated carbocycles. The van der Waals surface area contributed by atoms with Crippen LogP contribution >= 0.6 is 22.9 Å². The molecule has 2 nitrogen and oxygen atoms in total. The van der Waals surface area contributed by atoms with Crippen LogP contribution in [0.3, 0.4) is 0 Å². The molecular formula is C5H4ClNOS. The predicted molar refractivity (Wildman–Crippen MR) is 38.7 cm³/mol. The molecule has 48 valence electrons. The van der Waals surface area contributed by atoms with Gasteiger partial charge in [0.1, 0.15) is 0 Å². The van der Waals surface area contributed by atoms with Crippen LogP contribution < -0.4 is 0 Å².